The normalized spacial score (nSPS) is 23.4. The largest absolute Gasteiger partial charge is 0.494 e. The van der Waals surface area contributed by atoms with Crippen LogP contribution in [0.15, 0.2) is 24.3 Å². The summed E-state index contributed by atoms with van der Waals surface area (Å²) in [7, 11) is 0. The fourth-order valence-corrected chi connectivity index (χ4v) is 3.23. The molecule has 1 saturated heterocycles. The summed E-state index contributed by atoms with van der Waals surface area (Å²) in [5.74, 6) is 1.22. The number of amides is 1. The van der Waals surface area contributed by atoms with Gasteiger partial charge in [-0.3, -0.25) is 4.79 Å². The molecule has 4 nitrogen and oxygen atoms in total. The monoisotopic (exact) mass is 274 g/mol. The van der Waals surface area contributed by atoms with Crippen LogP contribution in [0, 0.1) is 11.3 Å². The Kier molecular flexibility index (Phi) is 3.66. The molecule has 0 bridgehead atoms. The third-order valence-electron chi connectivity index (χ3n) is 4.54. The topological polar surface area (TPSA) is 50.4 Å². The summed E-state index contributed by atoms with van der Waals surface area (Å²) in [4.78, 5) is 12.3. The number of carbonyl (C=O) groups excluding carboxylic acids is 1. The van der Waals surface area contributed by atoms with Gasteiger partial charge in [-0.05, 0) is 69.0 Å². The van der Waals surface area contributed by atoms with Crippen LogP contribution >= 0.6 is 0 Å². The Morgan fingerprint density at radius 1 is 1.35 bits per heavy atom. The van der Waals surface area contributed by atoms with E-state index in [9.17, 15) is 4.79 Å². The van der Waals surface area contributed by atoms with Crippen LogP contribution < -0.4 is 15.4 Å². The van der Waals surface area contributed by atoms with Gasteiger partial charge < -0.3 is 15.4 Å². The zero-order valence-electron chi connectivity index (χ0n) is 11.9. The molecule has 20 heavy (non-hydrogen) atoms. The predicted molar refractivity (Wildman–Crippen MR) is 78.9 cm³/mol. The molecular weight excluding hydrogens is 252 g/mol. The lowest BCUT2D eigenvalue weighted by Gasteiger charge is -2.23. The summed E-state index contributed by atoms with van der Waals surface area (Å²) >= 11 is 0. The van der Waals surface area contributed by atoms with Crippen molar-refractivity contribution >= 4 is 11.6 Å². The van der Waals surface area contributed by atoms with E-state index in [2.05, 4.69) is 10.6 Å². The maximum absolute atomic E-state index is 12.3. The molecule has 1 aliphatic heterocycles. The van der Waals surface area contributed by atoms with Crippen LogP contribution in [0.1, 0.15) is 26.2 Å². The molecule has 1 heterocycles. The molecule has 1 aromatic rings. The van der Waals surface area contributed by atoms with Gasteiger partial charge in [-0.25, -0.2) is 0 Å². The molecule has 1 aromatic carbocycles. The van der Waals surface area contributed by atoms with Gasteiger partial charge in [0, 0.05) is 11.6 Å². The third-order valence-corrected chi connectivity index (χ3v) is 4.54. The lowest BCUT2D eigenvalue weighted by molar-refractivity contribution is -0.118. The van der Waals surface area contributed by atoms with Crippen molar-refractivity contribution in [2.45, 2.75) is 26.2 Å². The molecule has 2 aliphatic rings. The number of hydrogen-bond donors (Lipinski definition) is 2. The summed E-state index contributed by atoms with van der Waals surface area (Å²) < 4.78 is 5.40. The quantitative estimate of drug-likeness (QED) is 0.886. The smallest absolute Gasteiger partial charge is 0.228 e. The highest BCUT2D eigenvalue weighted by Crippen LogP contribution is 2.58. The average molecular weight is 274 g/mol. The van der Waals surface area contributed by atoms with Crippen LogP contribution in [0.2, 0.25) is 0 Å². The average Bonchev–Trinajstić information content (AvgIpc) is 3.16. The maximum atomic E-state index is 12.3. The third kappa shape index (κ3) is 2.66. The Morgan fingerprint density at radius 2 is 2.05 bits per heavy atom. The van der Waals surface area contributed by atoms with Gasteiger partial charge in [-0.1, -0.05) is 0 Å². The number of nitrogens with one attached hydrogen (secondary N) is 2. The first-order valence-corrected chi connectivity index (χ1v) is 7.48. The zero-order chi connectivity index (χ0) is 14.0. The lowest BCUT2D eigenvalue weighted by Crippen LogP contribution is -2.31. The molecule has 1 saturated carbocycles. The molecule has 1 unspecified atom stereocenters. The van der Waals surface area contributed by atoms with Gasteiger partial charge in [-0.2, -0.15) is 0 Å². The molecule has 1 amide bonds. The molecule has 1 atom stereocenters. The summed E-state index contributed by atoms with van der Waals surface area (Å²) in [6.45, 7) is 4.71. The minimum Gasteiger partial charge on any atom is -0.494 e. The standard InChI is InChI=1S/C16H22N2O2/c1-2-20-13-5-3-12(4-6-13)18-15(19)14-11-16(14)7-9-17-10-8-16/h3-6,14,17H,2,7-11H2,1H3,(H,18,19). The van der Waals surface area contributed by atoms with E-state index in [0.717, 1.165) is 43.8 Å². The number of piperidine rings is 1. The Morgan fingerprint density at radius 3 is 2.70 bits per heavy atom. The van der Waals surface area contributed by atoms with Gasteiger partial charge in [-0.15, -0.1) is 0 Å². The van der Waals surface area contributed by atoms with Gasteiger partial charge >= 0.3 is 0 Å². The first-order valence-electron chi connectivity index (χ1n) is 7.48. The Labute approximate surface area is 119 Å². The SMILES string of the molecule is CCOc1ccc(NC(=O)C2CC23CCNCC3)cc1. The molecule has 108 valence electrons. The highest BCUT2D eigenvalue weighted by atomic mass is 16.5. The minimum atomic E-state index is 0.177. The van der Waals surface area contributed by atoms with Crippen LogP contribution in [-0.2, 0) is 4.79 Å². The van der Waals surface area contributed by atoms with Crippen LogP contribution in [-0.4, -0.2) is 25.6 Å². The van der Waals surface area contributed by atoms with Gasteiger partial charge in [0.25, 0.3) is 0 Å². The van der Waals surface area contributed by atoms with Crippen LogP contribution in [0.25, 0.3) is 0 Å². The molecule has 0 radical (unpaired) electrons. The highest BCUT2D eigenvalue weighted by Gasteiger charge is 2.57. The van der Waals surface area contributed by atoms with Gasteiger partial charge in [0.1, 0.15) is 5.75 Å². The number of benzene rings is 1. The second-order valence-electron chi connectivity index (χ2n) is 5.82. The van der Waals surface area contributed by atoms with Crippen LogP contribution in [0.3, 0.4) is 0 Å². The Hall–Kier alpha value is -1.55. The van der Waals surface area contributed by atoms with E-state index in [4.69, 9.17) is 4.74 Å². The fourth-order valence-electron chi connectivity index (χ4n) is 3.23. The van der Waals surface area contributed by atoms with Crippen LogP contribution in [0.4, 0.5) is 5.69 Å². The Bertz CT molecular complexity index is 478. The molecule has 1 spiro atoms. The van der Waals surface area contributed by atoms with Crippen LogP contribution in [0.5, 0.6) is 5.75 Å². The second kappa shape index (κ2) is 5.44. The predicted octanol–water partition coefficient (Wildman–Crippen LogP) is 2.41. The van der Waals surface area contributed by atoms with Crippen molar-refractivity contribution in [3.05, 3.63) is 24.3 Å². The number of carbonyl (C=O) groups is 1. The first-order chi connectivity index (χ1) is 9.73. The van der Waals surface area contributed by atoms with E-state index in [1.54, 1.807) is 0 Å². The second-order valence-corrected chi connectivity index (χ2v) is 5.82. The summed E-state index contributed by atoms with van der Waals surface area (Å²) in [5.41, 5.74) is 1.15. The van der Waals surface area contributed by atoms with E-state index in [-0.39, 0.29) is 11.8 Å². The van der Waals surface area contributed by atoms with E-state index < -0.39 is 0 Å². The summed E-state index contributed by atoms with van der Waals surface area (Å²) in [5, 5.41) is 6.39. The Balaban J connectivity index is 1.57. The molecule has 4 heteroatoms. The van der Waals surface area contributed by atoms with Crippen molar-refractivity contribution in [1.82, 2.24) is 5.32 Å². The maximum Gasteiger partial charge on any atom is 0.228 e. The van der Waals surface area contributed by atoms with E-state index in [1.807, 2.05) is 31.2 Å². The van der Waals surface area contributed by atoms with Crippen molar-refractivity contribution < 1.29 is 9.53 Å². The van der Waals surface area contributed by atoms with E-state index in [0.29, 0.717) is 12.0 Å². The summed E-state index contributed by atoms with van der Waals surface area (Å²) in [6, 6.07) is 7.60. The van der Waals surface area contributed by atoms with Gasteiger partial charge in [0.15, 0.2) is 0 Å². The number of ether oxygens (including phenoxy) is 1. The molecule has 2 N–H and O–H groups in total. The van der Waals surface area contributed by atoms with Crippen molar-refractivity contribution in [3.8, 4) is 5.75 Å². The van der Waals surface area contributed by atoms with Crippen molar-refractivity contribution in [2.24, 2.45) is 11.3 Å². The number of anilines is 1. The number of rotatable bonds is 4. The first kappa shape index (κ1) is 13.4. The van der Waals surface area contributed by atoms with Gasteiger partial charge in [0.2, 0.25) is 5.91 Å². The van der Waals surface area contributed by atoms with E-state index in [1.165, 1.54) is 0 Å². The molecule has 1 aliphatic carbocycles. The van der Waals surface area contributed by atoms with Gasteiger partial charge in [0.05, 0.1) is 6.61 Å². The minimum absolute atomic E-state index is 0.177. The molecule has 3 rings (SSSR count). The highest BCUT2D eigenvalue weighted by molar-refractivity contribution is 5.95. The molecule has 0 aromatic heterocycles. The number of hydrogen-bond acceptors (Lipinski definition) is 3. The van der Waals surface area contributed by atoms with Crippen molar-refractivity contribution in [2.75, 3.05) is 25.0 Å². The van der Waals surface area contributed by atoms with Crippen molar-refractivity contribution in [1.29, 1.82) is 0 Å². The lowest BCUT2D eigenvalue weighted by atomic mass is 9.92. The summed E-state index contributed by atoms with van der Waals surface area (Å²) in [6.07, 6.45) is 3.32. The molecule has 2 fully saturated rings. The molecular formula is C16H22N2O2. The fraction of sp³-hybridized carbons (Fsp3) is 0.562. The van der Waals surface area contributed by atoms with E-state index >= 15 is 0 Å². The van der Waals surface area contributed by atoms with Crippen molar-refractivity contribution in [3.63, 3.8) is 0 Å². The zero-order valence-corrected chi connectivity index (χ0v) is 11.9.